The van der Waals surface area contributed by atoms with Gasteiger partial charge in [-0.1, -0.05) is 23.7 Å². The van der Waals surface area contributed by atoms with Crippen LogP contribution in [-0.2, 0) is 4.84 Å². The van der Waals surface area contributed by atoms with E-state index < -0.39 is 6.09 Å². The van der Waals surface area contributed by atoms with Gasteiger partial charge >= 0.3 is 6.09 Å². The van der Waals surface area contributed by atoms with Crippen molar-refractivity contribution in [3.8, 4) is 0 Å². The summed E-state index contributed by atoms with van der Waals surface area (Å²) < 4.78 is 0. The van der Waals surface area contributed by atoms with Crippen LogP contribution in [0.15, 0.2) is 48.5 Å². The molecule has 0 radical (unpaired) electrons. The first-order valence-electron chi connectivity index (χ1n) is 10.6. The van der Waals surface area contributed by atoms with Crippen LogP contribution >= 0.6 is 11.6 Å². The SMILES string of the molecule is CN[C@@H]1CCN(c2ccc(NC(=O)ON3CCC(c4ccc(Cl)cc4)CC3)cc2)C1. The number of nitrogens with zero attached hydrogens (tertiary/aromatic N) is 2. The number of hydrogen-bond donors (Lipinski definition) is 2. The highest BCUT2D eigenvalue weighted by molar-refractivity contribution is 6.30. The van der Waals surface area contributed by atoms with Crippen LogP contribution in [-0.4, -0.2) is 50.4 Å². The second kappa shape index (κ2) is 9.69. The monoisotopic (exact) mass is 428 g/mol. The quantitative estimate of drug-likeness (QED) is 0.735. The summed E-state index contributed by atoms with van der Waals surface area (Å²) in [6, 6.07) is 16.5. The highest BCUT2D eigenvalue weighted by Gasteiger charge is 2.24. The van der Waals surface area contributed by atoms with Gasteiger partial charge in [0.15, 0.2) is 0 Å². The lowest BCUT2D eigenvalue weighted by Crippen LogP contribution is -2.36. The van der Waals surface area contributed by atoms with Crippen molar-refractivity contribution >= 4 is 29.1 Å². The molecule has 0 spiro atoms. The first-order chi connectivity index (χ1) is 14.6. The van der Waals surface area contributed by atoms with Gasteiger partial charge in [-0.25, -0.2) is 4.79 Å². The zero-order chi connectivity index (χ0) is 20.9. The molecule has 0 aromatic heterocycles. The first-order valence-corrected chi connectivity index (χ1v) is 11.0. The van der Waals surface area contributed by atoms with E-state index >= 15 is 0 Å². The molecule has 2 fully saturated rings. The number of rotatable bonds is 5. The van der Waals surface area contributed by atoms with E-state index in [1.165, 1.54) is 11.3 Å². The lowest BCUT2D eigenvalue weighted by molar-refractivity contribution is -0.108. The summed E-state index contributed by atoms with van der Waals surface area (Å²) in [6.45, 7) is 3.51. The van der Waals surface area contributed by atoms with Crippen LogP contribution in [0.5, 0.6) is 0 Å². The van der Waals surface area contributed by atoms with Crippen molar-refractivity contribution in [3.05, 3.63) is 59.1 Å². The van der Waals surface area contributed by atoms with Gasteiger partial charge in [0.05, 0.1) is 0 Å². The number of amides is 1. The topological polar surface area (TPSA) is 56.8 Å². The van der Waals surface area contributed by atoms with Gasteiger partial charge < -0.3 is 15.1 Å². The van der Waals surface area contributed by atoms with E-state index in [-0.39, 0.29) is 0 Å². The van der Waals surface area contributed by atoms with Gasteiger partial charge in [0.2, 0.25) is 0 Å². The normalized spacial score (nSPS) is 20.3. The third-order valence-corrected chi connectivity index (χ3v) is 6.33. The lowest BCUT2D eigenvalue weighted by Gasteiger charge is -2.30. The largest absolute Gasteiger partial charge is 0.430 e. The van der Waals surface area contributed by atoms with Crippen LogP contribution in [0.1, 0.15) is 30.7 Å². The van der Waals surface area contributed by atoms with Crippen LogP contribution in [0.3, 0.4) is 0 Å². The molecule has 4 rings (SSSR count). The summed E-state index contributed by atoms with van der Waals surface area (Å²) in [5, 5.41) is 8.66. The number of carbonyl (C=O) groups excluding carboxylic acids is 1. The fraction of sp³-hybridized carbons (Fsp3) is 0.435. The Hall–Kier alpha value is -2.28. The Labute approximate surface area is 183 Å². The zero-order valence-corrected chi connectivity index (χ0v) is 18.1. The lowest BCUT2D eigenvalue weighted by atomic mass is 9.90. The predicted molar refractivity (Wildman–Crippen MR) is 121 cm³/mol. The average Bonchev–Trinajstić information content (AvgIpc) is 3.25. The summed E-state index contributed by atoms with van der Waals surface area (Å²) in [5.41, 5.74) is 3.21. The van der Waals surface area contributed by atoms with Crippen LogP contribution in [0, 0.1) is 0 Å². The van der Waals surface area contributed by atoms with Crippen molar-refractivity contribution < 1.29 is 9.63 Å². The van der Waals surface area contributed by atoms with Crippen molar-refractivity contribution in [1.29, 1.82) is 0 Å². The smallest absolute Gasteiger partial charge is 0.370 e. The number of anilines is 2. The van der Waals surface area contributed by atoms with Crippen molar-refractivity contribution in [2.45, 2.75) is 31.2 Å². The number of likely N-dealkylation sites (N-methyl/N-ethyl adjacent to an activating group) is 1. The predicted octanol–water partition coefficient (Wildman–Crippen LogP) is 4.48. The van der Waals surface area contributed by atoms with Crippen molar-refractivity contribution in [1.82, 2.24) is 10.4 Å². The second-order valence-corrected chi connectivity index (χ2v) is 8.46. The van der Waals surface area contributed by atoms with Gasteiger partial charge in [0.1, 0.15) is 0 Å². The fourth-order valence-corrected chi connectivity index (χ4v) is 4.39. The number of hydroxylamine groups is 2. The Balaban J connectivity index is 1.23. The molecular weight excluding hydrogens is 400 g/mol. The zero-order valence-electron chi connectivity index (χ0n) is 17.3. The summed E-state index contributed by atoms with van der Waals surface area (Å²) in [4.78, 5) is 20.1. The number of piperidine rings is 1. The van der Waals surface area contributed by atoms with Crippen molar-refractivity contribution in [3.63, 3.8) is 0 Å². The van der Waals surface area contributed by atoms with E-state index in [4.69, 9.17) is 16.4 Å². The molecule has 160 valence electrons. The maximum absolute atomic E-state index is 12.3. The number of halogens is 1. The van der Waals surface area contributed by atoms with Crippen LogP contribution in [0.4, 0.5) is 16.2 Å². The molecule has 6 nitrogen and oxygen atoms in total. The van der Waals surface area contributed by atoms with E-state index in [1.54, 1.807) is 5.06 Å². The molecule has 2 N–H and O–H groups in total. The molecule has 0 unspecified atom stereocenters. The van der Waals surface area contributed by atoms with Gasteiger partial charge in [-0.3, -0.25) is 5.32 Å². The molecule has 2 aromatic carbocycles. The summed E-state index contributed by atoms with van der Waals surface area (Å²) in [7, 11) is 2.01. The van der Waals surface area contributed by atoms with Crippen LogP contribution in [0.2, 0.25) is 5.02 Å². The van der Waals surface area contributed by atoms with Gasteiger partial charge in [-0.05, 0) is 74.2 Å². The number of carbonyl (C=O) groups is 1. The summed E-state index contributed by atoms with van der Waals surface area (Å²) in [5.74, 6) is 0.478. The minimum atomic E-state index is -0.441. The molecule has 2 heterocycles. The third-order valence-electron chi connectivity index (χ3n) is 6.08. The van der Waals surface area contributed by atoms with E-state index in [2.05, 4.69) is 27.7 Å². The second-order valence-electron chi connectivity index (χ2n) is 8.03. The molecular formula is C23H29ClN4O2. The standard InChI is InChI=1S/C23H29ClN4O2/c1-25-21-12-13-27(16-21)22-8-6-20(7-9-22)26-23(29)30-28-14-10-18(11-15-28)17-2-4-19(24)5-3-17/h2-9,18,21,25H,10-16H2,1H3,(H,26,29)/t21-/m1/s1. The maximum atomic E-state index is 12.3. The number of benzene rings is 2. The molecule has 0 aliphatic carbocycles. The van der Waals surface area contributed by atoms with Gasteiger partial charge in [-0.2, -0.15) is 0 Å². The molecule has 30 heavy (non-hydrogen) atoms. The summed E-state index contributed by atoms with van der Waals surface area (Å²) in [6.07, 6.45) is 2.61. The molecule has 7 heteroatoms. The molecule has 2 saturated heterocycles. The maximum Gasteiger partial charge on any atom is 0.430 e. The number of hydrogen-bond acceptors (Lipinski definition) is 5. The first kappa shape index (κ1) is 21.0. The average molecular weight is 429 g/mol. The third kappa shape index (κ3) is 5.25. The van der Waals surface area contributed by atoms with Crippen LogP contribution in [0.25, 0.3) is 0 Å². The Morgan fingerprint density at radius 1 is 1.00 bits per heavy atom. The van der Waals surface area contributed by atoms with Gasteiger partial charge in [0, 0.05) is 48.6 Å². The molecule has 1 amide bonds. The van der Waals surface area contributed by atoms with E-state index in [0.717, 1.165) is 56.2 Å². The molecule has 0 saturated carbocycles. The Kier molecular flexibility index (Phi) is 6.77. The highest BCUT2D eigenvalue weighted by atomic mass is 35.5. The minimum Gasteiger partial charge on any atom is -0.370 e. The molecule has 2 aromatic rings. The summed E-state index contributed by atoms with van der Waals surface area (Å²) >= 11 is 5.97. The Bertz CT molecular complexity index is 835. The molecule has 2 aliphatic heterocycles. The van der Waals surface area contributed by atoms with E-state index in [1.807, 2.05) is 43.4 Å². The van der Waals surface area contributed by atoms with Crippen molar-refractivity contribution in [2.75, 3.05) is 43.4 Å². The van der Waals surface area contributed by atoms with Gasteiger partial charge in [0.25, 0.3) is 0 Å². The van der Waals surface area contributed by atoms with Crippen molar-refractivity contribution in [2.24, 2.45) is 0 Å². The fourth-order valence-electron chi connectivity index (χ4n) is 4.26. The van der Waals surface area contributed by atoms with E-state index in [9.17, 15) is 4.79 Å². The molecule has 1 atom stereocenters. The Morgan fingerprint density at radius 2 is 1.70 bits per heavy atom. The molecule has 2 aliphatic rings. The van der Waals surface area contributed by atoms with Gasteiger partial charge in [-0.15, -0.1) is 5.06 Å². The van der Waals surface area contributed by atoms with E-state index in [0.29, 0.717) is 12.0 Å². The minimum absolute atomic E-state index is 0.441. The Morgan fingerprint density at radius 3 is 2.33 bits per heavy atom. The highest BCUT2D eigenvalue weighted by Crippen LogP contribution is 2.29. The number of nitrogens with one attached hydrogen (secondary N) is 2. The van der Waals surface area contributed by atoms with Crippen LogP contribution < -0.4 is 15.5 Å². The molecule has 0 bridgehead atoms.